The van der Waals surface area contributed by atoms with Crippen LogP contribution in [0.25, 0.3) is 16.7 Å². The van der Waals surface area contributed by atoms with Gasteiger partial charge in [-0.15, -0.1) is 0 Å². The highest BCUT2D eigenvalue weighted by Gasteiger charge is 2.14. The monoisotopic (exact) mass is 451 g/mol. The Hall–Kier alpha value is -4.21. The summed E-state index contributed by atoms with van der Waals surface area (Å²) in [6, 6.07) is 10.9. The number of benzene rings is 2. The molecule has 0 unspecified atom stereocenters. The highest BCUT2D eigenvalue weighted by Crippen LogP contribution is 2.27. The van der Waals surface area contributed by atoms with E-state index in [0.717, 1.165) is 16.2 Å². The van der Waals surface area contributed by atoms with Crippen LogP contribution >= 0.6 is 0 Å². The van der Waals surface area contributed by atoms with Gasteiger partial charge < -0.3 is 14.4 Å². The van der Waals surface area contributed by atoms with Gasteiger partial charge in [0.25, 0.3) is 5.56 Å². The number of hydrogen-bond acceptors (Lipinski definition) is 7. The number of aromatic nitrogens is 4. The summed E-state index contributed by atoms with van der Waals surface area (Å²) in [5.74, 6) is 1.09. The van der Waals surface area contributed by atoms with Crippen LogP contribution in [0.3, 0.4) is 0 Å². The SMILES string of the molecule is COc1ccc(CCN(C)c2ncc3c(=O)n(-c4cccc(F)c4)c(=O)[nH]c3n2)cc1OC. The number of fused-ring (bicyclic) bond motifs is 1. The van der Waals surface area contributed by atoms with Crippen molar-refractivity contribution in [1.29, 1.82) is 0 Å². The van der Waals surface area contributed by atoms with Crippen molar-refractivity contribution < 1.29 is 13.9 Å². The predicted molar refractivity (Wildman–Crippen MR) is 122 cm³/mol. The van der Waals surface area contributed by atoms with Gasteiger partial charge in [-0.05, 0) is 42.3 Å². The van der Waals surface area contributed by atoms with E-state index in [1.165, 1.54) is 24.4 Å². The van der Waals surface area contributed by atoms with E-state index >= 15 is 0 Å². The molecule has 0 aliphatic heterocycles. The number of nitrogens with zero attached hydrogens (tertiary/aromatic N) is 4. The second kappa shape index (κ2) is 9.11. The Labute approximate surface area is 188 Å². The van der Waals surface area contributed by atoms with Gasteiger partial charge in [0.2, 0.25) is 5.95 Å². The number of nitrogens with one attached hydrogen (secondary N) is 1. The van der Waals surface area contributed by atoms with E-state index < -0.39 is 17.1 Å². The molecule has 2 aromatic heterocycles. The summed E-state index contributed by atoms with van der Waals surface area (Å²) in [5, 5.41) is 0.121. The first kappa shape index (κ1) is 22.0. The lowest BCUT2D eigenvalue weighted by atomic mass is 10.1. The van der Waals surface area contributed by atoms with Gasteiger partial charge in [0.1, 0.15) is 11.2 Å². The number of anilines is 1. The zero-order valence-corrected chi connectivity index (χ0v) is 18.3. The zero-order valence-electron chi connectivity index (χ0n) is 18.3. The molecular formula is C23H22FN5O4. The van der Waals surface area contributed by atoms with E-state index in [1.54, 1.807) is 14.2 Å². The smallest absolute Gasteiger partial charge is 0.334 e. The van der Waals surface area contributed by atoms with Gasteiger partial charge in [0, 0.05) is 19.8 Å². The third-order valence-corrected chi connectivity index (χ3v) is 5.23. The molecule has 0 aliphatic rings. The first-order valence-corrected chi connectivity index (χ1v) is 10.1. The highest BCUT2D eigenvalue weighted by atomic mass is 19.1. The molecular weight excluding hydrogens is 429 g/mol. The number of ether oxygens (including phenoxy) is 2. The molecule has 2 heterocycles. The van der Waals surface area contributed by atoms with Crippen molar-refractivity contribution in [3.05, 3.63) is 80.9 Å². The minimum Gasteiger partial charge on any atom is -0.493 e. The summed E-state index contributed by atoms with van der Waals surface area (Å²) in [7, 11) is 4.98. The van der Waals surface area contributed by atoms with Gasteiger partial charge in [-0.1, -0.05) is 12.1 Å². The first-order chi connectivity index (χ1) is 15.9. The Bertz CT molecular complexity index is 1430. The fraction of sp³-hybridized carbons (Fsp3) is 0.217. The Morgan fingerprint density at radius 2 is 1.88 bits per heavy atom. The molecule has 0 saturated heterocycles. The summed E-state index contributed by atoms with van der Waals surface area (Å²) in [6.45, 7) is 0.575. The van der Waals surface area contributed by atoms with E-state index in [-0.39, 0.29) is 16.7 Å². The molecule has 0 fully saturated rings. The van der Waals surface area contributed by atoms with Crippen molar-refractivity contribution in [3.8, 4) is 17.2 Å². The third kappa shape index (κ3) is 4.40. The van der Waals surface area contributed by atoms with Gasteiger partial charge in [0.15, 0.2) is 17.1 Å². The van der Waals surface area contributed by atoms with Crippen LogP contribution in [0.5, 0.6) is 11.5 Å². The zero-order chi connectivity index (χ0) is 23.5. The van der Waals surface area contributed by atoms with Crippen LogP contribution in [0, 0.1) is 5.82 Å². The standard InChI is InChI=1S/C23H22FN5O4/c1-28(10-9-14-7-8-18(32-2)19(11-14)33-3)22-25-13-17-20(26-22)27-23(31)29(21(17)30)16-6-4-5-15(24)12-16/h4-8,11-13H,9-10H2,1-3H3,(H,25,26,27,31). The van der Waals surface area contributed by atoms with Crippen LogP contribution in [0.1, 0.15) is 5.56 Å². The largest absolute Gasteiger partial charge is 0.493 e. The van der Waals surface area contributed by atoms with Crippen LogP contribution in [0.15, 0.2) is 58.3 Å². The maximum atomic E-state index is 13.6. The van der Waals surface area contributed by atoms with Crippen molar-refractivity contribution in [1.82, 2.24) is 19.5 Å². The van der Waals surface area contributed by atoms with Crippen LogP contribution in [-0.2, 0) is 6.42 Å². The maximum Gasteiger partial charge on any atom is 0.334 e. The van der Waals surface area contributed by atoms with E-state index in [0.29, 0.717) is 30.4 Å². The molecule has 9 nitrogen and oxygen atoms in total. The van der Waals surface area contributed by atoms with Gasteiger partial charge in [-0.3, -0.25) is 9.78 Å². The van der Waals surface area contributed by atoms with E-state index in [4.69, 9.17) is 9.47 Å². The van der Waals surface area contributed by atoms with Crippen molar-refractivity contribution in [2.75, 3.05) is 32.7 Å². The summed E-state index contributed by atoms with van der Waals surface area (Å²) in [6.07, 6.45) is 2.04. The highest BCUT2D eigenvalue weighted by molar-refractivity contribution is 5.73. The van der Waals surface area contributed by atoms with Crippen LogP contribution in [0.4, 0.5) is 10.3 Å². The third-order valence-electron chi connectivity index (χ3n) is 5.23. The molecule has 10 heteroatoms. The molecule has 33 heavy (non-hydrogen) atoms. The van der Waals surface area contributed by atoms with Gasteiger partial charge in [-0.2, -0.15) is 4.98 Å². The lowest BCUT2D eigenvalue weighted by molar-refractivity contribution is 0.354. The van der Waals surface area contributed by atoms with Gasteiger partial charge in [0.05, 0.1) is 19.9 Å². The average molecular weight is 451 g/mol. The average Bonchev–Trinajstić information content (AvgIpc) is 2.82. The maximum absolute atomic E-state index is 13.6. The molecule has 4 aromatic rings. The molecule has 0 radical (unpaired) electrons. The molecule has 170 valence electrons. The number of aromatic amines is 1. The van der Waals surface area contributed by atoms with Crippen molar-refractivity contribution in [2.45, 2.75) is 6.42 Å². The van der Waals surface area contributed by atoms with E-state index in [2.05, 4.69) is 15.0 Å². The summed E-state index contributed by atoms with van der Waals surface area (Å²) >= 11 is 0. The number of halogens is 1. The number of H-pyrrole nitrogens is 1. The second-order valence-electron chi connectivity index (χ2n) is 7.34. The number of rotatable bonds is 7. The van der Waals surface area contributed by atoms with E-state index in [1.807, 2.05) is 30.1 Å². The summed E-state index contributed by atoms with van der Waals surface area (Å²) in [4.78, 5) is 38.5. The normalized spacial score (nSPS) is 10.9. The fourth-order valence-corrected chi connectivity index (χ4v) is 3.46. The minimum absolute atomic E-state index is 0.112. The molecule has 0 amide bonds. The first-order valence-electron chi connectivity index (χ1n) is 10.1. The lowest BCUT2D eigenvalue weighted by Gasteiger charge is -2.17. The molecule has 0 spiro atoms. The molecule has 2 aromatic carbocycles. The van der Waals surface area contributed by atoms with Crippen molar-refractivity contribution in [3.63, 3.8) is 0 Å². The van der Waals surface area contributed by atoms with Gasteiger partial charge >= 0.3 is 5.69 Å². The molecule has 0 saturated carbocycles. The topological polar surface area (TPSA) is 102 Å². The second-order valence-corrected chi connectivity index (χ2v) is 7.34. The Balaban J connectivity index is 1.60. The van der Waals surface area contributed by atoms with Crippen molar-refractivity contribution in [2.24, 2.45) is 0 Å². The number of methoxy groups -OCH3 is 2. The Morgan fingerprint density at radius 1 is 1.09 bits per heavy atom. The number of likely N-dealkylation sites (N-methyl/N-ethyl adjacent to an activating group) is 1. The van der Waals surface area contributed by atoms with Gasteiger partial charge in [-0.25, -0.2) is 18.7 Å². The number of hydrogen-bond donors (Lipinski definition) is 1. The molecule has 0 aliphatic carbocycles. The Morgan fingerprint density at radius 3 is 2.61 bits per heavy atom. The molecule has 0 bridgehead atoms. The quantitative estimate of drug-likeness (QED) is 0.460. The summed E-state index contributed by atoms with van der Waals surface area (Å²) in [5.41, 5.74) is -0.0684. The summed E-state index contributed by atoms with van der Waals surface area (Å²) < 4.78 is 25.0. The Kier molecular flexibility index (Phi) is 6.07. The fourth-order valence-electron chi connectivity index (χ4n) is 3.46. The van der Waals surface area contributed by atoms with Crippen molar-refractivity contribution >= 4 is 17.0 Å². The molecule has 4 rings (SSSR count). The van der Waals surface area contributed by atoms with Crippen LogP contribution in [0.2, 0.25) is 0 Å². The van der Waals surface area contributed by atoms with E-state index in [9.17, 15) is 14.0 Å². The van der Waals surface area contributed by atoms with Crippen LogP contribution < -0.4 is 25.6 Å². The molecule has 1 N–H and O–H groups in total. The lowest BCUT2D eigenvalue weighted by Crippen LogP contribution is -2.34. The minimum atomic E-state index is -0.712. The van der Waals surface area contributed by atoms with Crippen LogP contribution in [-0.4, -0.2) is 47.3 Å². The predicted octanol–water partition coefficient (Wildman–Crippen LogP) is 2.30. The molecule has 0 atom stereocenters.